The van der Waals surface area contributed by atoms with Crippen LogP contribution in [0, 0.1) is 17.6 Å². The Bertz CT molecular complexity index is 540. The van der Waals surface area contributed by atoms with Gasteiger partial charge in [0.1, 0.15) is 11.6 Å². The Hall–Kier alpha value is -1.49. The number of hydrogen-bond acceptors (Lipinski definition) is 3. The van der Waals surface area contributed by atoms with E-state index in [1.54, 1.807) is 0 Å². The zero-order valence-corrected chi connectivity index (χ0v) is 12.8. The number of rotatable bonds is 2. The Morgan fingerprint density at radius 3 is 2.48 bits per heavy atom. The van der Waals surface area contributed by atoms with Crippen molar-refractivity contribution in [2.45, 2.75) is 32.2 Å². The van der Waals surface area contributed by atoms with Crippen LogP contribution in [0.15, 0.2) is 18.2 Å². The molecule has 5 heteroatoms. The van der Waals surface area contributed by atoms with Gasteiger partial charge >= 0.3 is 5.97 Å². The summed E-state index contributed by atoms with van der Waals surface area (Å²) in [6, 6.07) is 3.52. The van der Waals surface area contributed by atoms with Crippen LogP contribution in [0.5, 0.6) is 0 Å². The highest BCUT2D eigenvalue weighted by Gasteiger charge is 2.43. The molecule has 1 aliphatic heterocycles. The number of carbonyl (C=O) groups is 1. The molecule has 0 aromatic heterocycles. The van der Waals surface area contributed by atoms with Crippen molar-refractivity contribution in [3.05, 3.63) is 35.4 Å². The van der Waals surface area contributed by atoms with Crippen molar-refractivity contribution >= 4 is 5.97 Å². The first-order chi connectivity index (χ1) is 9.74. The fourth-order valence-corrected chi connectivity index (χ4v) is 2.86. The first kappa shape index (κ1) is 15.9. The molecule has 2 rings (SSSR count). The number of ether oxygens (including phenoxy) is 1. The fourth-order valence-electron chi connectivity index (χ4n) is 2.86. The Labute approximate surface area is 123 Å². The molecule has 0 spiro atoms. The highest BCUT2D eigenvalue weighted by molar-refractivity contribution is 5.74. The van der Waals surface area contributed by atoms with Gasteiger partial charge in [-0.2, -0.15) is 0 Å². The van der Waals surface area contributed by atoms with E-state index in [0.29, 0.717) is 18.7 Å². The number of esters is 1. The summed E-state index contributed by atoms with van der Waals surface area (Å²) in [5.74, 6) is -2.33. The van der Waals surface area contributed by atoms with E-state index in [1.165, 1.54) is 19.2 Å². The molecule has 1 aromatic carbocycles. The maximum atomic E-state index is 14.1. The van der Waals surface area contributed by atoms with Gasteiger partial charge < -0.3 is 4.74 Å². The van der Waals surface area contributed by atoms with Gasteiger partial charge in [0.25, 0.3) is 0 Å². The van der Waals surface area contributed by atoms with Crippen LogP contribution < -0.4 is 0 Å². The van der Waals surface area contributed by atoms with Crippen molar-refractivity contribution in [2.24, 2.45) is 5.92 Å². The predicted octanol–water partition coefficient (Wildman–Crippen LogP) is 2.95. The molecule has 0 radical (unpaired) electrons. The van der Waals surface area contributed by atoms with Gasteiger partial charge in [-0.05, 0) is 32.4 Å². The summed E-state index contributed by atoms with van der Waals surface area (Å²) < 4.78 is 32.0. The van der Waals surface area contributed by atoms with Crippen LogP contribution in [0.1, 0.15) is 32.3 Å². The summed E-state index contributed by atoms with van der Waals surface area (Å²) in [5.41, 5.74) is 0.246. The third-order valence-electron chi connectivity index (χ3n) is 4.13. The third kappa shape index (κ3) is 3.23. The van der Waals surface area contributed by atoms with Gasteiger partial charge in [0.05, 0.1) is 13.0 Å². The standard InChI is InChI=1S/C16H21F2NO2/c1-16(2,3)19-8-12(13(9-19)15(20)21-4)11-6-5-10(17)7-14(11)18/h5-7,12-13H,8-9H2,1-4H3. The van der Waals surface area contributed by atoms with E-state index in [1.807, 2.05) is 20.8 Å². The molecule has 0 N–H and O–H groups in total. The lowest BCUT2D eigenvalue weighted by Gasteiger charge is -2.31. The van der Waals surface area contributed by atoms with Gasteiger partial charge in [0.2, 0.25) is 0 Å². The molecule has 1 fully saturated rings. The van der Waals surface area contributed by atoms with Gasteiger partial charge in [0.15, 0.2) is 0 Å². The minimum Gasteiger partial charge on any atom is -0.469 e. The van der Waals surface area contributed by atoms with Crippen molar-refractivity contribution in [3.63, 3.8) is 0 Å². The first-order valence-electron chi connectivity index (χ1n) is 7.02. The molecule has 0 amide bonds. The molecule has 116 valence electrons. The van der Waals surface area contributed by atoms with Crippen molar-refractivity contribution in [3.8, 4) is 0 Å². The number of hydrogen-bond donors (Lipinski definition) is 0. The van der Waals surface area contributed by atoms with E-state index in [2.05, 4.69) is 4.90 Å². The molecule has 21 heavy (non-hydrogen) atoms. The Balaban J connectivity index is 2.36. The zero-order chi connectivity index (χ0) is 15.8. The molecule has 0 bridgehead atoms. The summed E-state index contributed by atoms with van der Waals surface area (Å²) in [6.07, 6.45) is 0. The number of likely N-dealkylation sites (tertiary alicyclic amines) is 1. The molecule has 1 saturated heterocycles. The SMILES string of the molecule is COC(=O)C1CN(C(C)(C)C)CC1c1ccc(F)cc1F. The predicted molar refractivity (Wildman–Crippen MR) is 75.9 cm³/mol. The van der Waals surface area contributed by atoms with Gasteiger partial charge in [-0.25, -0.2) is 8.78 Å². The largest absolute Gasteiger partial charge is 0.469 e. The summed E-state index contributed by atoms with van der Waals surface area (Å²) in [7, 11) is 1.33. The molecule has 2 atom stereocenters. The van der Waals surface area contributed by atoms with Crippen molar-refractivity contribution in [1.82, 2.24) is 4.90 Å². The second-order valence-electron chi connectivity index (χ2n) is 6.48. The maximum Gasteiger partial charge on any atom is 0.310 e. The Morgan fingerprint density at radius 2 is 1.95 bits per heavy atom. The van der Waals surface area contributed by atoms with Gasteiger partial charge in [-0.3, -0.25) is 9.69 Å². The normalized spacial score (nSPS) is 23.3. The van der Waals surface area contributed by atoms with Crippen molar-refractivity contribution in [1.29, 1.82) is 0 Å². The van der Waals surface area contributed by atoms with Crippen molar-refractivity contribution < 1.29 is 18.3 Å². The summed E-state index contributed by atoms with van der Waals surface area (Å²) in [6.45, 7) is 7.20. The van der Waals surface area contributed by atoms with Crippen LogP contribution in [0.2, 0.25) is 0 Å². The zero-order valence-electron chi connectivity index (χ0n) is 12.8. The smallest absolute Gasteiger partial charge is 0.310 e. The lowest BCUT2D eigenvalue weighted by atomic mass is 9.88. The molecule has 0 aliphatic carbocycles. The number of halogens is 2. The first-order valence-corrected chi connectivity index (χ1v) is 7.02. The van der Waals surface area contributed by atoms with E-state index >= 15 is 0 Å². The highest BCUT2D eigenvalue weighted by Crippen LogP contribution is 2.37. The lowest BCUT2D eigenvalue weighted by molar-refractivity contribution is -0.145. The lowest BCUT2D eigenvalue weighted by Crippen LogP contribution is -2.40. The van der Waals surface area contributed by atoms with Crippen LogP contribution in [0.3, 0.4) is 0 Å². The van der Waals surface area contributed by atoms with E-state index in [4.69, 9.17) is 4.74 Å². The minimum absolute atomic E-state index is 0.127. The molecule has 2 unspecified atom stereocenters. The molecular formula is C16H21F2NO2. The average molecular weight is 297 g/mol. The molecular weight excluding hydrogens is 276 g/mol. The second kappa shape index (κ2) is 5.72. The third-order valence-corrected chi connectivity index (χ3v) is 4.13. The van der Waals surface area contributed by atoms with Crippen molar-refractivity contribution in [2.75, 3.05) is 20.2 Å². The van der Waals surface area contributed by atoms with E-state index < -0.39 is 17.6 Å². The van der Waals surface area contributed by atoms with Gasteiger partial charge in [-0.15, -0.1) is 0 Å². The number of benzene rings is 1. The monoisotopic (exact) mass is 297 g/mol. The fraction of sp³-hybridized carbons (Fsp3) is 0.562. The molecule has 1 aliphatic rings. The molecule has 3 nitrogen and oxygen atoms in total. The van der Waals surface area contributed by atoms with Crippen LogP contribution in [-0.4, -0.2) is 36.6 Å². The summed E-state index contributed by atoms with van der Waals surface area (Å²) in [4.78, 5) is 14.1. The Morgan fingerprint density at radius 1 is 1.29 bits per heavy atom. The van der Waals surface area contributed by atoms with E-state index in [9.17, 15) is 13.6 Å². The number of carbonyl (C=O) groups excluding carboxylic acids is 1. The number of methoxy groups -OCH3 is 1. The topological polar surface area (TPSA) is 29.5 Å². The van der Waals surface area contributed by atoms with Gasteiger partial charge in [-0.1, -0.05) is 6.07 Å². The van der Waals surface area contributed by atoms with E-state index in [-0.39, 0.29) is 17.4 Å². The quantitative estimate of drug-likeness (QED) is 0.786. The van der Waals surface area contributed by atoms with E-state index in [0.717, 1.165) is 6.07 Å². The molecule has 0 saturated carbocycles. The summed E-state index contributed by atoms with van der Waals surface area (Å²) >= 11 is 0. The van der Waals surface area contributed by atoms with Crippen LogP contribution in [0.25, 0.3) is 0 Å². The minimum atomic E-state index is -0.614. The number of nitrogens with zero attached hydrogens (tertiary/aromatic N) is 1. The molecule has 1 heterocycles. The van der Waals surface area contributed by atoms with Gasteiger partial charge in [0, 0.05) is 30.6 Å². The average Bonchev–Trinajstić information content (AvgIpc) is 2.82. The maximum absolute atomic E-state index is 14.1. The molecule has 1 aromatic rings. The van der Waals surface area contributed by atoms with Crippen LogP contribution in [-0.2, 0) is 9.53 Å². The Kier molecular flexibility index (Phi) is 4.33. The highest BCUT2D eigenvalue weighted by atomic mass is 19.1. The van der Waals surface area contributed by atoms with Crippen LogP contribution in [0.4, 0.5) is 8.78 Å². The van der Waals surface area contributed by atoms with Crippen LogP contribution >= 0.6 is 0 Å². The summed E-state index contributed by atoms with van der Waals surface area (Å²) in [5, 5.41) is 0. The second-order valence-corrected chi connectivity index (χ2v) is 6.48.